The molecule has 9 nitrogen and oxygen atoms in total. The Morgan fingerprint density at radius 3 is 2.76 bits per heavy atom. The zero-order chi connectivity index (χ0) is 24.1. The number of amides is 1. The van der Waals surface area contributed by atoms with Crippen LogP contribution in [0.3, 0.4) is 0 Å². The molecule has 2 aliphatic rings. The first-order valence-corrected chi connectivity index (χ1v) is 14.0. The molecule has 0 aromatic carbocycles. The maximum atomic E-state index is 13.0. The number of ether oxygens (including phenoxy) is 1. The summed E-state index contributed by atoms with van der Waals surface area (Å²) in [5.74, 6) is -0.104. The second kappa shape index (κ2) is 14.5. The van der Waals surface area contributed by atoms with E-state index in [4.69, 9.17) is 9.57 Å². The Bertz CT molecular complexity index is 853. The maximum Gasteiger partial charge on any atom is 0.243 e. The minimum absolute atomic E-state index is 0.0550. The first kappa shape index (κ1) is 26.7. The van der Waals surface area contributed by atoms with Crippen LogP contribution in [0.1, 0.15) is 50.5 Å². The van der Waals surface area contributed by atoms with Crippen molar-refractivity contribution >= 4 is 22.0 Å². The average Bonchev–Trinajstić information content (AvgIpc) is 3.38. The molecule has 1 aromatic heterocycles. The number of sulfonamides is 1. The molecule has 1 N–H and O–H groups in total. The molecule has 1 aliphatic carbocycles. The van der Waals surface area contributed by atoms with Crippen LogP contribution in [-0.4, -0.2) is 86.5 Å². The van der Waals surface area contributed by atoms with Crippen LogP contribution in [0.15, 0.2) is 30.6 Å². The van der Waals surface area contributed by atoms with Gasteiger partial charge in [0.15, 0.2) is 0 Å². The number of nitrogens with one attached hydrogen (secondary N) is 1. The summed E-state index contributed by atoms with van der Waals surface area (Å²) in [4.78, 5) is 24.0. The predicted molar refractivity (Wildman–Crippen MR) is 131 cm³/mol. The van der Waals surface area contributed by atoms with Crippen molar-refractivity contribution in [3.05, 3.63) is 36.2 Å². The summed E-state index contributed by atoms with van der Waals surface area (Å²) in [6.45, 7) is 4.73. The molecule has 0 radical (unpaired) electrons. The van der Waals surface area contributed by atoms with E-state index in [0.717, 1.165) is 57.2 Å². The summed E-state index contributed by atoms with van der Waals surface area (Å²) in [6, 6.07) is 3.63. The van der Waals surface area contributed by atoms with Gasteiger partial charge in [0, 0.05) is 44.6 Å². The van der Waals surface area contributed by atoms with Crippen LogP contribution in [0.2, 0.25) is 0 Å². The third kappa shape index (κ3) is 9.42. The molecular weight excluding hydrogens is 456 g/mol. The van der Waals surface area contributed by atoms with Crippen LogP contribution in [-0.2, 0) is 24.4 Å². The molecule has 1 amide bonds. The highest BCUT2D eigenvalue weighted by Crippen LogP contribution is 2.26. The van der Waals surface area contributed by atoms with E-state index in [1.54, 1.807) is 18.5 Å². The van der Waals surface area contributed by atoms with Crippen molar-refractivity contribution < 1.29 is 22.8 Å². The van der Waals surface area contributed by atoms with Gasteiger partial charge in [-0.2, -0.15) is 0 Å². The van der Waals surface area contributed by atoms with E-state index in [1.165, 1.54) is 10.5 Å². The van der Waals surface area contributed by atoms with Gasteiger partial charge in [-0.05, 0) is 43.4 Å². The van der Waals surface area contributed by atoms with Gasteiger partial charge in [0.2, 0.25) is 15.9 Å². The molecule has 190 valence electrons. The molecular formula is C24H38N4O5S. The van der Waals surface area contributed by atoms with E-state index in [-0.39, 0.29) is 17.7 Å². The first-order chi connectivity index (χ1) is 16.5. The van der Waals surface area contributed by atoms with Gasteiger partial charge in [-0.1, -0.05) is 29.8 Å². The fourth-order valence-electron chi connectivity index (χ4n) is 4.21. The lowest BCUT2D eigenvalue weighted by Gasteiger charge is -2.30. The molecule has 0 spiro atoms. The average molecular weight is 495 g/mol. The number of rotatable bonds is 14. The zero-order valence-corrected chi connectivity index (χ0v) is 20.8. The van der Waals surface area contributed by atoms with E-state index in [0.29, 0.717) is 39.3 Å². The molecule has 1 aliphatic heterocycles. The Morgan fingerprint density at radius 1 is 1.24 bits per heavy atom. The van der Waals surface area contributed by atoms with Crippen LogP contribution in [0.5, 0.6) is 0 Å². The number of carbonyl (C=O) groups excluding carboxylic acids is 1. The van der Waals surface area contributed by atoms with Crippen LogP contribution in [0.4, 0.5) is 0 Å². The summed E-state index contributed by atoms with van der Waals surface area (Å²) in [6.07, 6.45) is 12.3. The number of unbranched alkanes of at least 4 members (excludes halogenated alkanes) is 2. The number of hydrogen-bond donors (Lipinski definition) is 1. The van der Waals surface area contributed by atoms with Gasteiger partial charge in [-0.25, -0.2) is 8.42 Å². The van der Waals surface area contributed by atoms with Crippen molar-refractivity contribution in [2.24, 2.45) is 0 Å². The topological polar surface area (TPSA) is 101 Å². The van der Waals surface area contributed by atoms with E-state index in [9.17, 15) is 13.2 Å². The number of aromatic nitrogens is 1. The highest BCUT2D eigenvalue weighted by Gasteiger charge is 2.33. The second-order valence-electron chi connectivity index (χ2n) is 8.77. The van der Waals surface area contributed by atoms with E-state index in [2.05, 4.69) is 15.2 Å². The number of hydroxylamine groups is 1. The Morgan fingerprint density at radius 2 is 2.03 bits per heavy atom. The molecule has 3 rings (SSSR count). The van der Waals surface area contributed by atoms with Crippen molar-refractivity contribution in [1.29, 1.82) is 0 Å². The summed E-state index contributed by atoms with van der Waals surface area (Å²) in [5, 5.41) is 2.83. The molecule has 10 heteroatoms. The van der Waals surface area contributed by atoms with Crippen molar-refractivity contribution in [2.75, 3.05) is 51.8 Å². The molecule has 1 saturated carbocycles. The molecule has 2 fully saturated rings. The molecule has 2 heterocycles. The lowest BCUT2D eigenvalue weighted by atomic mass is 10.2. The largest absolute Gasteiger partial charge is 0.379 e. The number of pyridine rings is 1. The van der Waals surface area contributed by atoms with Gasteiger partial charge in [0.25, 0.3) is 0 Å². The van der Waals surface area contributed by atoms with Gasteiger partial charge < -0.3 is 10.1 Å². The second-order valence-corrected chi connectivity index (χ2v) is 10.7. The fraction of sp³-hybridized carbons (Fsp3) is 0.667. The highest BCUT2D eigenvalue weighted by molar-refractivity contribution is 7.88. The Hall–Kier alpha value is -1.85. The summed E-state index contributed by atoms with van der Waals surface area (Å²) in [7, 11) is -3.49. The van der Waals surface area contributed by atoms with E-state index in [1.807, 2.05) is 12.1 Å². The first-order valence-electron chi connectivity index (χ1n) is 12.4. The van der Waals surface area contributed by atoms with Crippen LogP contribution in [0.25, 0.3) is 6.08 Å². The third-order valence-corrected chi connectivity index (χ3v) is 7.87. The Kier molecular flexibility index (Phi) is 11.4. The van der Waals surface area contributed by atoms with Crippen LogP contribution in [0, 0.1) is 0 Å². The number of morpholine rings is 1. The Labute approximate surface area is 203 Å². The summed E-state index contributed by atoms with van der Waals surface area (Å²) < 4.78 is 32.8. The van der Waals surface area contributed by atoms with E-state index >= 15 is 0 Å². The monoisotopic (exact) mass is 494 g/mol. The highest BCUT2D eigenvalue weighted by atomic mass is 32.2. The quantitative estimate of drug-likeness (QED) is 0.240. The van der Waals surface area contributed by atoms with Crippen LogP contribution < -0.4 is 5.32 Å². The summed E-state index contributed by atoms with van der Waals surface area (Å²) >= 11 is 0. The van der Waals surface area contributed by atoms with Crippen molar-refractivity contribution in [3.63, 3.8) is 0 Å². The van der Waals surface area contributed by atoms with Crippen molar-refractivity contribution in [3.8, 4) is 0 Å². The van der Waals surface area contributed by atoms with Gasteiger partial charge in [0.05, 0.1) is 31.6 Å². The lowest BCUT2D eigenvalue weighted by molar-refractivity contribution is -0.118. The van der Waals surface area contributed by atoms with Crippen LogP contribution >= 0.6 is 0 Å². The summed E-state index contributed by atoms with van der Waals surface area (Å²) in [5.41, 5.74) is 0.863. The number of carbonyl (C=O) groups is 1. The predicted octanol–water partition coefficient (Wildman–Crippen LogP) is 2.22. The minimum Gasteiger partial charge on any atom is -0.379 e. The third-order valence-electron chi connectivity index (χ3n) is 6.12. The van der Waals surface area contributed by atoms with E-state index < -0.39 is 10.0 Å². The van der Waals surface area contributed by atoms with Gasteiger partial charge in [-0.15, -0.1) is 0 Å². The molecule has 1 aromatic rings. The lowest BCUT2D eigenvalue weighted by Crippen LogP contribution is -2.43. The normalized spacial score (nSPS) is 18.1. The molecule has 0 unspecified atom stereocenters. The van der Waals surface area contributed by atoms with Gasteiger partial charge >= 0.3 is 0 Å². The smallest absolute Gasteiger partial charge is 0.243 e. The number of hydrogen-bond acceptors (Lipinski definition) is 7. The molecule has 1 saturated heterocycles. The SMILES string of the molecule is O=C(/C=C/c1cccnc1)NCCCCCS(=O)(=O)N(OCCN1CCOCC1)C1CCCC1. The Balaban J connectivity index is 1.35. The number of nitrogens with zero attached hydrogens (tertiary/aromatic N) is 3. The zero-order valence-electron chi connectivity index (χ0n) is 19.9. The molecule has 0 atom stereocenters. The van der Waals surface area contributed by atoms with Gasteiger partial charge in [-0.3, -0.25) is 19.5 Å². The van der Waals surface area contributed by atoms with Crippen molar-refractivity contribution in [2.45, 2.75) is 51.0 Å². The minimum atomic E-state index is -3.49. The fourth-order valence-corrected chi connectivity index (χ4v) is 5.85. The van der Waals surface area contributed by atoms with Crippen molar-refractivity contribution in [1.82, 2.24) is 19.7 Å². The van der Waals surface area contributed by atoms with Gasteiger partial charge in [0.1, 0.15) is 0 Å². The molecule has 34 heavy (non-hydrogen) atoms. The molecule has 0 bridgehead atoms. The standard InChI is InChI=1S/C24H38N4O5S/c29-24(11-10-22-7-6-12-25-21-22)26-13-4-1-5-20-34(30,31)28(23-8-2-3-9-23)33-19-16-27-14-17-32-18-15-27/h6-7,10-12,21,23H,1-5,8-9,13-20H2,(H,26,29)/b11-10+. The maximum absolute atomic E-state index is 13.0.